The van der Waals surface area contributed by atoms with Crippen molar-refractivity contribution in [3.8, 4) is 0 Å². The second kappa shape index (κ2) is 5.21. The van der Waals surface area contributed by atoms with Crippen LogP contribution in [0.3, 0.4) is 0 Å². The molecule has 1 fully saturated rings. The molecule has 0 aliphatic heterocycles. The molecule has 0 unspecified atom stereocenters. The van der Waals surface area contributed by atoms with E-state index in [4.69, 9.17) is 9.47 Å². The fourth-order valence-electron chi connectivity index (χ4n) is 1.32. The van der Waals surface area contributed by atoms with Gasteiger partial charge in [-0.05, 0) is 27.2 Å². The van der Waals surface area contributed by atoms with Gasteiger partial charge in [0.1, 0.15) is 12.2 Å². The van der Waals surface area contributed by atoms with Gasteiger partial charge >= 0.3 is 12.1 Å². The number of esters is 1. The lowest BCUT2D eigenvalue weighted by molar-refractivity contribution is -0.144. The first kappa shape index (κ1) is 13.5. The van der Waals surface area contributed by atoms with Crippen molar-refractivity contribution < 1.29 is 19.1 Å². The number of amides is 1. The summed E-state index contributed by atoms with van der Waals surface area (Å²) >= 11 is 0. The molecule has 0 aromatic rings. The zero-order chi connectivity index (χ0) is 13.1. The third kappa shape index (κ3) is 4.89. The van der Waals surface area contributed by atoms with Crippen molar-refractivity contribution in [2.24, 2.45) is 5.92 Å². The average Bonchev–Trinajstić information content (AvgIpc) is 2.90. The molecular weight excluding hydrogens is 222 g/mol. The highest BCUT2D eigenvalue weighted by atomic mass is 16.6. The highest BCUT2D eigenvalue weighted by Gasteiger charge is 2.45. The molecule has 96 valence electrons. The Morgan fingerprint density at radius 3 is 2.65 bits per heavy atom. The number of nitrogens with one attached hydrogen (secondary N) is 1. The van der Waals surface area contributed by atoms with Gasteiger partial charge in [0, 0.05) is 6.04 Å². The summed E-state index contributed by atoms with van der Waals surface area (Å²) in [5.74, 6) is -0.548. The molecule has 0 radical (unpaired) electrons. The molecule has 0 spiro atoms. The molecule has 1 rings (SSSR count). The normalized spacial score (nSPS) is 22.5. The highest BCUT2D eigenvalue weighted by molar-refractivity contribution is 5.79. The molecule has 0 aromatic carbocycles. The lowest BCUT2D eigenvalue weighted by Crippen LogP contribution is -2.35. The van der Waals surface area contributed by atoms with Crippen molar-refractivity contribution >= 4 is 12.1 Å². The zero-order valence-corrected chi connectivity index (χ0v) is 10.5. The highest BCUT2D eigenvalue weighted by Crippen LogP contribution is 2.31. The minimum absolute atomic E-state index is 0.165. The summed E-state index contributed by atoms with van der Waals surface area (Å²) in [6.45, 7) is 9.02. The van der Waals surface area contributed by atoms with Crippen LogP contribution in [0.2, 0.25) is 0 Å². The molecule has 1 N–H and O–H groups in total. The van der Waals surface area contributed by atoms with Crippen LogP contribution in [0.1, 0.15) is 27.2 Å². The molecule has 0 heterocycles. The van der Waals surface area contributed by atoms with Crippen LogP contribution in [-0.2, 0) is 14.3 Å². The van der Waals surface area contributed by atoms with Gasteiger partial charge in [-0.3, -0.25) is 4.79 Å². The molecule has 0 bridgehead atoms. The van der Waals surface area contributed by atoms with Crippen molar-refractivity contribution in [3.63, 3.8) is 0 Å². The van der Waals surface area contributed by atoms with E-state index < -0.39 is 11.7 Å². The first-order valence-electron chi connectivity index (χ1n) is 5.60. The molecule has 5 heteroatoms. The van der Waals surface area contributed by atoms with Crippen molar-refractivity contribution in [2.75, 3.05) is 6.61 Å². The predicted octanol–water partition coefficient (Wildman–Crippen LogP) is 1.63. The summed E-state index contributed by atoms with van der Waals surface area (Å²) in [4.78, 5) is 22.8. The number of hydrogen-bond donors (Lipinski definition) is 1. The van der Waals surface area contributed by atoms with Crippen LogP contribution in [0, 0.1) is 5.92 Å². The lowest BCUT2D eigenvalue weighted by Gasteiger charge is -2.19. The van der Waals surface area contributed by atoms with Gasteiger partial charge in [-0.15, -0.1) is 0 Å². The van der Waals surface area contributed by atoms with Gasteiger partial charge in [0.05, 0.1) is 5.92 Å². The summed E-state index contributed by atoms with van der Waals surface area (Å²) in [5.41, 5.74) is -0.530. The second-order valence-electron chi connectivity index (χ2n) is 5.01. The Bertz CT molecular complexity index is 319. The Morgan fingerprint density at radius 2 is 2.12 bits per heavy atom. The fourth-order valence-corrected chi connectivity index (χ4v) is 1.32. The van der Waals surface area contributed by atoms with E-state index in [1.54, 1.807) is 20.8 Å². The lowest BCUT2D eigenvalue weighted by atomic mass is 10.2. The van der Waals surface area contributed by atoms with Crippen LogP contribution in [0.4, 0.5) is 4.79 Å². The maximum Gasteiger partial charge on any atom is 0.407 e. The van der Waals surface area contributed by atoms with Gasteiger partial charge in [-0.25, -0.2) is 4.79 Å². The topological polar surface area (TPSA) is 64.6 Å². The minimum atomic E-state index is -0.530. The van der Waals surface area contributed by atoms with E-state index in [0.29, 0.717) is 6.42 Å². The van der Waals surface area contributed by atoms with Gasteiger partial charge in [-0.2, -0.15) is 0 Å². The van der Waals surface area contributed by atoms with Crippen molar-refractivity contribution in [2.45, 2.75) is 38.8 Å². The summed E-state index contributed by atoms with van der Waals surface area (Å²) in [6.07, 6.45) is 1.62. The van der Waals surface area contributed by atoms with Crippen LogP contribution < -0.4 is 5.32 Å². The van der Waals surface area contributed by atoms with Crippen LogP contribution in [-0.4, -0.2) is 30.3 Å². The summed E-state index contributed by atoms with van der Waals surface area (Å²) < 4.78 is 9.96. The molecule has 1 aliphatic carbocycles. The Morgan fingerprint density at radius 1 is 1.47 bits per heavy atom. The van der Waals surface area contributed by atoms with Crippen molar-refractivity contribution in [1.82, 2.24) is 5.32 Å². The first-order chi connectivity index (χ1) is 7.83. The van der Waals surface area contributed by atoms with Crippen LogP contribution in [0.5, 0.6) is 0 Å². The molecule has 17 heavy (non-hydrogen) atoms. The Kier molecular flexibility index (Phi) is 4.15. The van der Waals surface area contributed by atoms with E-state index in [9.17, 15) is 9.59 Å². The van der Waals surface area contributed by atoms with Gasteiger partial charge in [0.25, 0.3) is 0 Å². The molecule has 0 saturated heterocycles. The van der Waals surface area contributed by atoms with E-state index in [-0.39, 0.29) is 24.5 Å². The van der Waals surface area contributed by atoms with Crippen molar-refractivity contribution in [3.05, 3.63) is 12.7 Å². The number of ether oxygens (including phenoxy) is 2. The quantitative estimate of drug-likeness (QED) is 0.600. The van der Waals surface area contributed by atoms with Gasteiger partial charge in [-0.1, -0.05) is 12.7 Å². The number of carbonyl (C=O) groups excluding carboxylic acids is 2. The Balaban J connectivity index is 2.26. The zero-order valence-electron chi connectivity index (χ0n) is 10.5. The summed E-state index contributed by atoms with van der Waals surface area (Å²) in [7, 11) is 0. The minimum Gasteiger partial charge on any atom is -0.461 e. The molecule has 0 aromatic heterocycles. The van der Waals surface area contributed by atoms with Gasteiger partial charge in [0.2, 0.25) is 0 Å². The predicted molar refractivity (Wildman–Crippen MR) is 62.4 cm³/mol. The number of rotatable bonds is 4. The summed E-state index contributed by atoms with van der Waals surface area (Å²) in [5, 5.41) is 2.63. The first-order valence-corrected chi connectivity index (χ1v) is 5.60. The summed E-state index contributed by atoms with van der Waals surface area (Å²) in [6, 6.07) is -0.165. The van der Waals surface area contributed by atoms with E-state index in [2.05, 4.69) is 11.9 Å². The number of hydrogen-bond acceptors (Lipinski definition) is 4. The largest absolute Gasteiger partial charge is 0.461 e. The van der Waals surface area contributed by atoms with E-state index in [1.807, 2.05) is 0 Å². The van der Waals surface area contributed by atoms with E-state index in [0.717, 1.165) is 0 Å². The third-order valence-corrected chi connectivity index (χ3v) is 2.14. The number of carbonyl (C=O) groups is 2. The van der Waals surface area contributed by atoms with Gasteiger partial charge in [0.15, 0.2) is 0 Å². The van der Waals surface area contributed by atoms with E-state index >= 15 is 0 Å². The molecule has 1 aliphatic rings. The van der Waals surface area contributed by atoms with Crippen LogP contribution in [0.15, 0.2) is 12.7 Å². The average molecular weight is 241 g/mol. The van der Waals surface area contributed by atoms with Crippen molar-refractivity contribution in [1.29, 1.82) is 0 Å². The third-order valence-electron chi connectivity index (χ3n) is 2.14. The van der Waals surface area contributed by atoms with Crippen LogP contribution >= 0.6 is 0 Å². The standard InChI is InChI=1S/C12H19NO4/c1-5-6-16-10(14)8-7-9(8)13-11(15)17-12(2,3)4/h5,8-9H,1,6-7H2,2-4H3,(H,13,15)/t8-,9+/m1/s1. The van der Waals surface area contributed by atoms with Crippen LogP contribution in [0.25, 0.3) is 0 Å². The molecule has 5 nitrogen and oxygen atoms in total. The van der Waals surface area contributed by atoms with E-state index in [1.165, 1.54) is 6.08 Å². The maximum atomic E-state index is 11.4. The molecular formula is C12H19NO4. The maximum absolute atomic E-state index is 11.4. The fraction of sp³-hybridized carbons (Fsp3) is 0.667. The number of alkyl carbamates (subject to hydrolysis) is 1. The Labute approximate surface area is 101 Å². The Hall–Kier alpha value is -1.52. The smallest absolute Gasteiger partial charge is 0.407 e. The second-order valence-corrected chi connectivity index (χ2v) is 5.01. The monoisotopic (exact) mass is 241 g/mol. The molecule has 1 saturated carbocycles. The van der Waals surface area contributed by atoms with Gasteiger partial charge < -0.3 is 14.8 Å². The SMILES string of the molecule is C=CCOC(=O)[C@@H]1C[C@@H]1NC(=O)OC(C)(C)C. The molecule has 1 amide bonds. The molecule has 2 atom stereocenters.